The molecule has 1 amide bonds. The first-order chi connectivity index (χ1) is 13.7. The van der Waals surface area contributed by atoms with Crippen LogP contribution in [0.15, 0.2) is 79.1 Å². The first-order valence-corrected chi connectivity index (χ1v) is 9.57. The molecule has 4 heteroatoms. The molecule has 0 spiro atoms. The number of carbonyl (C=O) groups excluding carboxylic acids is 1. The molecule has 2 aromatic heterocycles. The van der Waals surface area contributed by atoms with Crippen molar-refractivity contribution in [1.29, 1.82) is 0 Å². The van der Waals surface area contributed by atoms with E-state index < -0.39 is 0 Å². The van der Waals surface area contributed by atoms with E-state index in [1.54, 1.807) is 0 Å². The summed E-state index contributed by atoms with van der Waals surface area (Å²) in [5.41, 5.74) is 6.16. The number of benzene rings is 2. The van der Waals surface area contributed by atoms with Gasteiger partial charge in [0.1, 0.15) is 5.65 Å². The minimum Gasteiger partial charge on any atom is -0.326 e. The van der Waals surface area contributed by atoms with Crippen molar-refractivity contribution in [2.75, 3.05) is 5.32 Å². The van der Waals surface area contributed by atoms with Crippen LogP contribution in [-0.4, -0.2) is 15.3 Å². The SMILES string of the molecule is Cc1ccn2cc(-c3ccc(NC(=O)CCCc4ccccc4)cc3)nc2c1. The van der Waals surface area contributed by atoms with E-state index in [-0.39, 0.29) is 5.91 Å². The van der Waals surface area contributed by atoms with E-state index in [0.717, 1.165) is 35.4 Å². The predicted molar refractivity (Wildman–Crippen MR) is 113 cm³/mol. The second-order valence-electron chi connectivity index (χ2n) is 7.06. The molecule has 0 aliphatic rings. The highest BCUT2D eigenvalue weighted by atomic mass is 16.1. The van der Waals surface area contributed by atoms with E-state index in [2.05, 4.69) is 41.5 Å². The molecule has 4 nitrogen and oxygen atoms in total. The van der Waals surface area contributed by atoms with Crippen LogP contribution >= 0.6 is 0 Å². The van der Waals surface area contributed by atoms with E-state index in [4.69, 9.17) is 0 Å². The van der Waals surface area contributed by atoms with Gasteiger partial charge in [-0.1, -0.05) is 42.5 Å². The van der Waals surface area contributed by atoms with Gasteiger partial charge in [-0.2, -0.15) is 0 Å². The summed E-state index contributed by atoms with van der Waals surface area (Å²) in [5, 5.41) is 2.98. The van der Waals surface area contributed by atoms with Gasteiger partial charge in [0.05, 0.1) is 5.69 Å². The Morgan fingerprint density at radius 1 is 1.04 bits per heavy atom. The van der Waals surface area contributed by atoms with Gasteiger partial charge < -0.3 is 9.72 Å². The second-order valence-corrected chi connectivity index (χ2v) is 7.06. The number of fused-ring (bicyclic) bond motifs is 1. The molecule has 140 valence electrons. The number of nitrogens with zero attached hydrogens (tertiary/aromatic N) is 2. The molecule has 4 aromatic rings. The van der Waals surface area contributed by atoms with Crippen molar-refractivity contribution < 1.29 is 4.79 Å². The summed E-state index contributed by atoms with van der Waals surface area (Å²) < 4.78 is 2.02. The molecule has 0 bridgehead atoms. The average Bonchev–Trinajstić information content (AvgIpc) is 3.12. The Bertz CT molecular complexity index is 1080. The molecule has 0 atom stereocenters. The molecule has 0 aliphatic carbocycles. The molecule has 0 aliphatic heterocycles. The van der Waals surface area contributed by atoms with Crippen molar-refractivity contribution in [2.45, 2.75) is 26.2 Å². The third-order valence-corrected chi connectivity index (χ3v) is 4.79. The van der Waals surface area contributed by atoms with Gasteiger partial charge in [0.2, 0.25) is 5.91 Å². The Hall–Kier alpha value is -3.40. The minimum atomic E-state index is 0.0480. The number of hydrogen-bond donors (Lipinski definition) is 1. The van der Waals surface area contributed by atoms with Gasteiger partial charge in [-0.05, 0) is 55.2 Å². The number of aromatic nitrogens is 2. The zero-order valence-corrected chi connectivity index (χ0v) is 15.9. The molecule has 1 N–H and O–H groups in total. The van der Waals surface area contributed by atoms with Gasteiger partial charge in [-0.3, -0.25) is 4.79 Å². The third-order valence-electron chi connectivity index (χ3n) is 4.79. The summed E-state index contributed by atoms with van der Waals surface area (Å²) in [6.07, 6.45) is 6.31. The van der Waals surface area contributed by atoms with Crippen LogP contribution in [0.2, 0.25) is 0 Å². The summed E-state index contributed by atoms with van der Waals surface area (Å²) in [7, 11) is 0. The standard InChI is InChI=1S/C24H23N3O/c1-18-14-15-27-17-22(26-23(27)16-18)20-10-12-21(13-11-20)25-24(28)9-5-8-19-6-3-2-4-7-19/h2-4,6-7,10-17H,5,8-9H2,1H3,(H,25,28). The van der Waals surface area contributed by atoms with E-state index in [0.29, 0.717) is 6.42 Å². The number of hydrogen-bond acceptors (Lipinski definition) is 2. The molecular formula is C24H23N3O. The predicted octanol–water partition coefficient (Wildman–Crippen LogP) is 5.27. The number of amides is 1. The van der Waals surface area contributed by atoms with E-state index in [1.165, 1.54) is 11.1 Å². The Kier molecular flexibility index (Phi) is 5.20. The molecule has 28 heavy (non-hydrogen) atoms. The highest BCUT2D eigenvalue weighted by Crippen LogP contribution is 2.22. The average molecular weight is 369 g/mol. The number of rotatable bonds is 6. The van der Waals surface area contributed by atoms with E-state index in [1.807, 2.05) is 59.3 Å². The maximum Gasteiger partial charge on any atom is 0.224 e. The van der Waals surface area contributed by atoms with E-state index in [9.17, 15) is 4.79 Å². The molecule has 0 fully saturated rings. The van der Waals surface area contributed by atoms with Crippen molar-refractivity contribution >= 4 is 17.2 Å². The molecule has 2 aromatic carbocycles. The van der Waals surface area contributed by atoms with Gasteiger partial charge in [0, 0.05) is 30.1 Å². The summed E-state index contributed by atoms with van der Waals surface area (Å²) in [4.78, 5) is 16.9. The first-order valence-electron chi connectivity index (χ1n) is 9.57. The molecule has 0 unspecified atom stereocenters. The zero-order valence-electron chi connectivity index (χ0n) is 15.9. The maximum absolute atomic E-state index is 12.2. The van der Waals surface area contributed by atoms with Crippen LogP contribution in [0.1, 0.15) is 24.0 Å². The normalized spacial score (nSPS) is 10.9. The van der Waals surface area contributed by atoms with Gasteiger partial charge in [0.25, 0.3) is 0 Å². The van der Waals surface area contributed by atoms with Crippen molar-refractivity contribution in [3.8, 4) is 11.3 Å². The smallest absolute Gasteiger partial charge is 0.224 e. The van der Waals surface area contributed by atoms with Crippen LogP contribution in [0, 0.1) is 6.92 Å². The maximum atomic E-state index is 12.2. The number of imidazole rings is 1. The lowest BCUT2D eigenvalue weighted by molar-refractivity contribution is -0.116. The first kappa shape index (κ1) is 18.0. The number of aryl methyl sites for hydroxylation is 2. The van der Waals surface area contributed by atoms with Crippen LogP contribution in [0.3, 0.4) is 0 Å². The van der Waals surface area contributed by atoms with Crippen LogP contribution < -0.4 is 5.32 Å². The summed E-state index contributed by atoms with van der Waals surface area (Å²) in [6.45, 7) is 2.06. The topological polar surface area (TPSA) is 46.4 Å². The van der Waals surface area contributed by atoms with Gasteiger partial charge >= 0.3 is 0 Å². The number of anilines is 1. The van der Waals surface area contributed by atoms with Crippen LogP contribution in [0.5, 0.6) is 0 Å². The molecule has 0 radical (unpaired) electrons. The van der Waals surface area contributed by atoms with Gasteiger partial charge in [-0.15, -0.1) is 0 Å². The largest absolute Gasteiger partial charge is 0.326 e. The van der Waals surface area contributed by atoms with Crippen LogP contribution in [0.25, 0.3) is 16.9 Å². The fraction of sp³-hybridized carbons (Fsp3) is 0.167. The van der Waals surface area contributed by atoms with Gasteiger partial charge in [0.15, 0.2) is 0 Å². The highest BCUT2D eigenvalue weighted by Gasteiger charge is 2.06. The van der Waals surface area contributed by atoms with Crippen molar-refractivity contribution in [3.05, 3.63) is 90.3 Å². The van der Waals surface area contributed by atoms with Crippen LogP contribution in [-0.2, 0) is 11.2 Å². The molecule has 0 saturated carbocycles. The second kappa shape index (κ2) is 8.09. The lowest BCUT2D eigenvalue weighted by atomic mass is 10.1. The van der Waals surface area contributed by atoms with Crippen molar-refractivity contribution in [3.63, 3.8) is 0 Å². The quantitative estimate of drug-likeness (QED) is 0.503. The number of nitrogens with one attached hydrogen (secondary N) is 1. The third kappa shape index (κ3) is 4.29. The Morgan fingerprint density at radius 2 is 1.82 bits per heavy atom. The Balaban J connectivity index is 1.35. The Morgan fingerprint density at radius 3 is 2.61 bits per heavy atom. The fourth-order valence-corrected chi connectivity index (χ4v) is 3.27. The lowest BCUT2D eigenvalue weighted by Gasteiger charge is -2.06. The van der Waals surface area contributed by atoms with Crippen LogP contribution in [0.4, 0.5) is 5.69 Å². The number of carbonyl (C=O) groups is 1. The summed E-state index contributed by atoms with van der Waals surface area (Å²) >= 11 is 0. The van der Waals surface area contributed by atoms with Crippen molar-refractivity contribution in [2.24, 2.45) is 0 Å². The monoisotopic (exact) mass is 369 g/mol. The Labute approximate surface area is 164 Å². The minimum absolute atomic E-state index is 0.0480. The highest BCUT2D eigenvalue weighted by molar-refractivity contribution is 5.90. The molecule has 0 saturated heterocycles. The zero-order chi connectivity index (χ0) is 19.3. The molecule has 2 heterocycles. The lowest BCUT2D eigenvalue weighted by Crippen LogP contribution is -2.11. The molecular weight excluding hydrogens is 346 g/mol. The molecule has 4 rings (SSSR count). The van der Waals surface area contributed by atoms with Gasteiger partial charge in [-0.25, -0.2) is 4.98 Å². The summed E-state index contributed by atoms with van der Waals surface area (Å²) in [5.74, 6) is 0.0480. The van der Waals surface area contributed by atoms with E-state index >= 15 is 0 Å². The fourth-order valence-electron chi connectivity index (χ4n) is 3.27. The summed E-state index contributed by atoms with van der Waals surface area (Å²) in [6, 6.07) is 22.2. The van der Waals surface area contributed by atoms with Crippen molar-refractivity contribution in [1.82, 2.24) is 9.38 Å². The number of pyridine rings is 1.